The summed E-state index contributed by atoms with van der Waals surface area (Å²) in [4.78, 5) is 1.49. The molecule has 0 aliphatic heterocycles. The van der Waals surface area contributed by atoms with E-state index in [4.69, 9.17) is 22.4 Å². The Labute approximate surface area is 143 Å². The van der Waals surface area contributed by atoms with E-state index in [9.17, 15) is 8.78 Å². The number of hydrogen-bond donors (Lipinski definition) is 2. The van der Waals surface area contributed by atoms with E-state index in [0.717, 1.165) is 4.90 Å². The van der Waals surface area contributed by atoms with Gasteiger partial charge in [-0.05, 0) is 35.9 Å². The van der Waals surface area contributed by atoms with E-state index in [1.54, 1.807) is 48.5 Å². The smallest absolute Gasteiger partial charge is 0.289 e. The molecule has 0 radical (unpaired) electrons. The molecule has 0 aliphatic carbocycles. The Morgan fingerprint density at radius 1 is 1.14 bits per heavy atom. The van der Waals surface area contributed by atoms with Gasteiger partial charge in [0, 0.05) is 14.8 Å². The molecule has 2 aromatic rings. The Bertz CT molecular complexity index is 611. The highest BCUT2D eigenvalue weighted by molar-refractivity contribution is 7.99. The lowest BCUT2D eigenvalue weighted by atomic mass is 10.0. The first-order valence-electron chi connectivity index (χ1n) is 6.20. The third kappa shape index (κ3) is 4.57. The Morgan fingerprint density at radius 3 is 2.32 bits per heavy atom. The van der Waals surface area contributed by atoms with Crippen LogP contribution in [0.15, 0.2) is 58.3 Å². The maximum absolute atomic E-state index is 13.6. The van der Waals surface area contributed by atoms with Gasteiger partial charge in [0.05, 0.1) is 6.04 Å². The standard InChI is InChI=1S/C15H14ClF2NOS.ClH/c16-10-5-7-11(8-6-10)21-13-4-2-1-3-12(13)14(19)15(17,18)9-20;/h1-8,14,20H,9,19H2;1H/t14-;/m0./s1. The number of nitrogens with two attached hydrogens (primary N) is 1. The van der Waals surface area contributed by atoms with Crippen LogP contribution in [-0.4, -0.2) is 17.6 Å². The fourth-order valence-corrected chi connectivity index (χ4v) is 2.90. The van der Waals surface area contributed by atoms with Crippen LogP contribution in [0.3, 0.4) is 0 Å². The molecule has 22 heavy (non-hydrogen) atoms. The van der Waals surface area contributed by atoms with Crippen LogP contribution in [0.2, 0.25) is 5.02 Å². The molecule has 7 heteroatoms. The molecule has 2 rings (SSSR count). The summed E-state index contributed by atoms with van der Waals surface area (Å²) in [7, 11) is 0. The second-order valence-corrected chi connectivity index (χ2v) is 6.04. The zero-order valence-corrected chi connectivity index (χ0v) is 13.8. The Hall–Kier alpha value is -0.850. The number of hydrogen-bond acceptors (Lipinski definition) is 3. The molecular weight excluding hydrogens is 351 g/mol. The van der Waals surface area contributed by atoms with Crippen LogP contribution in [0.25, 0.3) is 0 Å². The number of halogens is 4. The van der Waals surface area contributed by atoms with Crippen molar-refractivity contribution in [1.29, 1.82) is 0 Å². The first-order chi connectivity index (χ1) is 9.94. The van der Waals surface area contributed by atoms with Crippen LogP contribution >= 0.6 is 35.8 Å². The summed E-state index contributed by atoms with van der Waals surface area (Å²) in [5.74, 6) is -3.36. The van der Waals surface area contributed by atoms with E-state index in [-0.39, 0.29) is 12.4 Å². The lowest BCUT2D eigenvalue weighted by molar-refractivity contribution is -0.0717. The van der Waals surface area contributed by atoms with Crippen molar-refractivity contribution >= 4 is 35.8 Å². The van der Waals surface area contributed by atoms with E-state index in [0.29, 0.717) is 15.5 Å². The third-order valence-electron chi connectivity index (χ3n) is 2.96. The number of aliphatic hydroxyl groups excluding tert-OH is 1. The predicted molar refractivity (Wildman–Crippen MR) is 88.2 cm³/mol. The molecule has 0 fully saturated rings. The number of rotatable bonds is 5. The van der Waals surface area contributed by atoms with Crippen molar-refractivity contribution in [3.05, 3.63) is 59.1 Å². The summed E-state index contributed by atoms with van der Waals surface area (Å²) in [5.41, 5.74) is 5.92. The largest absolute Gasteiger partial charge is 0.390 e. The Morgan fingerprint density at radius 2 is 1.73 bits per heavy atom. The Balaban J connectivity index is 0.00000242. The van der Waals surface area contributed by atoms with Crippen LogP contribution < -0.4 is 5.73 Å². The van der Waals surface area contributed by atoms with E-state index >= 15 is 0 Å². The van der Waals surface area contributed by atoms with Gasteiger partial charge >= 0.3 is 0 Å². The topological polar surface area (TPSA) is 46.2 Å². The fraction of sp³-hybridized carbons (Fsp3) is 0.200. The van der Waals surface area contributed by atoms with Crippen LogP contribution in [0.4, 0.5) is 8.78 Å². The molecule has 0 amide bonds. The second-order valence-electron chi connectivity index (χ2n) is 4.49. The molecule has 2 aromatic carbocycles. The molecule has 1 atom stereocenters. The van der Waals surface area contributed by atoms with Gasteiger partial charge in [0.25, 0.3) is 5.92 Å². The molecule has 3 N–H and O–H groups in total. The van der Waals surface area contributed by atoms with Crippen molar-refractivity contribution in [2.75, 3.05) is 6.61 Å². The summed E-state index contributed by atoms with van der Waals surface area (Å²) in [6.45, 7) is -1.28. The second kappa shape index (κ2) is 8.13. The lowest BCUT2D eigenvalue weighted by Gasteiger charge is -2.23. The molecule has 0 bridgehead atoms. The summed E-state index contributed by atoms with van der Waals surface area (Å²) in [5, 5.41) is 9.39. The molecule has 0 heterocycles. The first kappa shape index (κ1) is 19.2. The van der Waals surface area contributed by atoms with E-state index in [2.05, 4.69) is 0 Å². The third-order valence-corrected chi connectivity index (χ3v) is 4.31. The van der Waals surface area contributed by atoms with Crippen LogP contribution in [-0.2, 0) is 0 Å². The van der Waals surface area contributed by atoms with Crippen molar-refractivity contribution in [3.8, 4) is 0 Å². The summed E-state index contributed by atoms with van der Waals surface area (Å²) in [6.07, 6.45) is 0. The minimum absolute atomic E-state index is 0. The quantitative estimate of drug-likeness (QED) is 0.817. The number of benzene rings is 2. The zero-order valence-electron chi connectivity index (χ0n) is 11.4. The van der Waals surface area contributed by atoms with E-state index in [1.807, 2.05) is 0 Å². The zero-order chi connectivity index (χ0) is 15.5. The molecule has 0 aromatic heterocycles. The number of alkyl halides is 2. The van der Waals surface area contributed by atoms with Gasteiger partial charge in [-0.15, -0.1) is 12.4 Å². The predicted octanol–water partition coefficient (Wildman–Crippen LogP) is 4.54. The fourth-order valence-electron chi connectivity index (χ4n) is 1.79. The van der Waals surface area contributed by atoms with Crippen LogP contribution in [0.5, 0.6) is 0 Å². The maximum Gasteiger partial charge on any atom is 0.289 e. The monoisotopic (exact) mass is 365 g/mol. The molecule has 0 unspecified atom stereocenters. The van der Waals surface area contributed by atoms with Crippen molar-refractivity contribution in [2.24, 2.45) is 5.73 Å². The van der Waals surface area contributed by atoms with Gasteiger partial charge < -0.3 is 10.8 Å². The molecular formula is C15H15Cl2F2NOS. The normalized spacial score (nSPS) is 12.6. The van der Waals surface area contributed by atoms with Crippen molar-refractivity contribution in [3.63, 3.8) is 0 Å². The molecule has 0 saturated carbocycles. The highest BCUT2D eigenvalue weighted by atomic mass is 35.5. The summed E-state index contributed by atoms with van der Waals surface area (Å²) in [6, 6.07) is 12.2. The van der Waals surface area contributed by atoms with Crippen molar-refractivity contribution in [2.45, 2.75) is 21.8 Å². The van der Waals surface area contributed by atoms with Gasteiger partial charge in [-0.25, -0.2) is 8.78 Å². The lowest BCUT2D eigenvalue weighted by Crippen LogP contribution is -2.36. The van der Waals surface area contributed by atoms with Crippen molar-refractivity contribution in [1.82, 2.24) is 0 Å². The van der Waals surface area contributed by atoms with E-state index < -0.39 is 18.6 Å². The number of aliphatic hydroxyl groups is 1. The van der Waals surface area contributed by atoms with Gasteiger partial charge in [-0.3, -0.25) is 0 Å². The molecule has 0 aliphatic rings. The van der Waals surface area contributed by atoms with E-state index in [1.165, 1.54) is 11.8 Å². The van der Waals surface area contributed by atoms with Gasteiger partial charge in [-0.1, -0.05) is 41.6 Å². The first-order valence-corrected chi connectivity index (χ1v) is 7.40. The summed E-state index contributed by atoms with van der Waals surface area (Å²) >= 11 is 7.14. The SMILES string of the molecule is Cl.N[C@@H](c1ccccc1Sc1ccc(Cl)cc1)C(F)(F)CO. The minimum Gasteiger partial charge on any atom is -0.390 e. The minimum atomic E-state index is -3.36. The van der Waals surface area contributed by atoms with Gasteiger partial charge in [0.1, 0.15) is 6.61 Å². The molecule has 0 spiro atoms. The van der Waals surface area contributed by atoms with Gasteiger partial charge in [-0.2, -0.15) is 0 Å². The van der Waals surface area contributed by atoms with Crippen molar-refractivity contribution < 1.29 is 13.9 Å². The van der Waals surface area contributed by atoms with Crippen LogP contribution in [0, 0.1) is 0 Å². The molecule has 2 nitrogen and oxygen atoms in total. The summed E-state index contributed by atoms with van der Waals surface area (Å²) < 4.78 is 27.2. The van der Waals surface area contributed by atoms with Gasteiger partial charge in [0.15, 0.2) is 0 Å². The molecule has 0 saturated heterocycles. The van der Waals surface area contributed by atoms with Gasteiger partial charge in [0.2, 0.25) is 0 Å². The highest BCUT2D eigenvalue weighted by Gasteiger charge is 2.38. The average molecular weight is 366 g/mol. The highest BCUT2D eigenvalue weighted by Crippen LogP contribution is 2.37. The van der Waals surface area contributed by atoms with Crippen LogP contribution in [0.1, 0.15) is 11.6 Å². The average Bonchev–Trinajstić information content (AvgIpc) is 2.49. The molecule has 120 valence electrons. The Kier molecular flexibility index (Phi) is 7.09. The maximum atomic E-state index is 13.6.